The van der Waals surface area contributed by atoms with Crippen LogP contribution in [0.15, 0.2) is 79.1 Å². The molecule has 1 atom stereocenters. The lowest BCUT2D eigenvalue weighted by Gasteiger charge is -2.20. The summed E-state index contributed by atoms with van der Waals surface area (Å²) in [5, 5.41) is 28.9. The number of aromatic carboxylic acids is 2. The van der Waals surface area contributed by atoms with Crippen LogP contribution >= 0.6 is 0 Å². The van der Waals surface area contributed by atoms with E-state index in [0.29, 0.717) is 17.5 Å². The SMILES string of the molecule is O=C(O)c1coc(-c2coc(-c3cc(OCCCN4C(=O)c5ccccc5C4O)cc(-c4nc(-c5nc(C(=O)O)co5)co4)n3)n2)n1. The van der Waals surface area contributed by atoms with Crippen molar-refractivity contribution in [2.75, 3.05) is 13.2 Å². The van der Waals surface area contributed by atoms with E-state index in [-0.39, 0.29) is 82.5 Å². The smallest absolute Gasteiger partial charge is 0.357 e. The molecule has 1 unspecified atom stereocenters. The average molecular weight is 641 g/mol. The van der Waals surface area contributed by atoms with Gasteiger partial charge in [0.15, 0.2) is 29.0 Å². The van der Waals surface area contributed by atoms with Gasteiger partial charge in [-0.3, -0.25) is 4.79 Å². The number of benzene rings is 1. The van der Waals surface area contributed by atoms with E-state index in [1.165, 1.54) is 29.6 Å². The van der Waals surface area contributed by atoms with Crippen molar-refractivity contribution in [1.29, 1.82) is 0 Å². The number of aromatic nitrogens is 5. The topological polar surface area (TPSA) is 241 Å². The van der Waals surface area contributed by atoms with E-state index in [1.807, 2.05) is 0 Å². The molecule has 0 aliphatic carbocycles. The Balaban J connectivity index is 1.14. The van der Waals surface area contributed by atoms with Gasteiger partial charge in [-0.05, 0) is 12.5 Å². The number of carbonyl (C=O) groups excluding carboxylic acids is 1. The molecule has 0 spiro atoms. The van der Waals surface area contributed by atoms with Crippen molar-refractivity contribution in [3.63, 3.8) is 0 Å². The summed E-state index contributed by atoms with van der Waals surface area (Å²) in [6.45, 7) is 0.348. The third-order valence-electron chi connectivity index (χ3n) is 6.97. The molecule has 1 aromatic carbocycles. The molecule has 5 aromatic heterocycles. The highest BCUT2D eigenvalue weighted by Crippen LogP contribution is 2.33. The molecular formula is C30H20N6O11. The Bertz CT molecular complexity index is 2040. The van der Waals surface area contributed by atoms with E-state index in [0.717, 1.165) is 12.5 Å². The van der Waals surface area contributed by atoms with Crippen LogP contribution in [-0.4, -0.2) is 76.1 Å². The average Bonchev–Trinajstić information content (AvgIpc) is 3.91. The first-order valence-corrected chi connectivity index (χ1v) is 13.8. The molecule has 3 N–H and O–H groups in total. The van der Waals surface area contributed by atoms with Gasteiger partial charge in [0.05, 0.1) is 6.61 Å². The maximum absolute atomic E-state index is 12.8. The number of carboxylic acid groups (broad SMARTS) is 2. The van der Waals surface area contributed by atoms with Gasteiger partial charge in [-0.2, -0.15) is 0 Å². The number of aliphatic hydroxyl groups is 1. The van der Waals surface area contributed by atoms with Crippen LogP contribution < -0.4 is 4.74 Å². The number of hydrogen-bond donors (Lipinski definition) is 3. The first-order valence-electron chi connectivity index (χ1n) is 13.8. The van der Waals surface area contributed by atoms with E-state index in [1.54, 1.807) is 24.3 Å². The molecule has 0 saturated carbocycles. The van der Waals surface area contributed by atoms with Crippen LogP contribution in [0.25, 0.3) is 46.3 Å². The van der Waals surface area contributed by atoms with Crippen LogP contribution in [0.5, 0.6) is 5.75 Å². The standard InChI is InChI=1S/C30H20N6O11/c37-27-15-4-1-2-5-16(15)28(38)36(27)6-3-7-43-14-8-17(23-32-19(10-44-23)25-34-21(12-46-25)29(39)40)31-18(9-14)24-33-20(11-45-24)26-35-22(13-47-26)30(41)42/h1-2,4-5,8-13,27,37H,3,6-7H2,(H,39,40)(H,41,42). The summed E-state index contributed by atoms with van der Waals surface area (Å²) in [7, 11) is 0. The highest BCUT2D eigenvalue weighted by Gasteiger charge is 2.34. The number of oxazole rings is 4. The van der Waals surface area contributed by atoms with E-state index in [2.05, 4.69) is 24.9 Å². The summed E-state index contributed by atoms with van der Waals surface area (Å²) in [5.74, 6) is -2.72. The first-order chi connectivity index (χ1) is 22.7. The fourth-order valence-electron chi connectivity index (χ4n) is 4.77. The molecule has 47 heavy (non-hydrogen) atoms. The molecular weight excluding hydrogens is 620 g/mol. The number of ether oxygens (including phenoxy) is 1. The monoisotopic (exact) mass is 640 g/mol. The summed E-state index contributed by atoms with van der Waals surface area (Å²) in [6, 6.07) is 9.92. The molecule has 1 amide bonds. The second-order valence-electron chi connectivity index (χ2n) is 10.00. The van der Waals surface area contributed by atoms with Crippen LogP contribution in [0.3, 0.4) is 0 Å². The lowest BCUT2D eigenvalue weighted by atomic mass is 10.1. The maximum atomic E-state index is 12.8. The van der Waals surface area contributed by atoms with Gasteiger partial charge in [0.25, 0.3) is 5.91 Å². The second-order valence-corrected chi connectivity index (χ2v) is 10.00. The Morgan fingerprint density at radius 1 is 0.745 bits per heavy atom. The minimum atomic E-state index is -1.28. The number of rotatable bonds is 11. The first kappa shape index (κ1) is 29.1. The summed E-state index contributed by atoms with van der Waals surface area (Å²) >= 11 is 0. The van der Waals surface area contributed by atoms with E-state index in [9.17, 15) is 19.5 Å². The number of carbonyl (C=O) groups is 3. The summed E-state index contributed by atoms with van der Waals surface area (Å²) in [4.78, 5) is 57.4. The number of amides is 1. The quantitative estimate of drug-likeness (QED) is 0.169. The Morgan fingerprint density at radius 3 is 1.81 bits per heavy atom. The lowest BCUT2D eigenvalue weighted by molar-refractivity contribution is 0.0158. The van der Waals surface area contributed by atoms with Crippen molar-refractivity contribution in [1.82, 2.24) is 29.8 Å². The highest BCUT2D eigenvalue weighted by atomic mass is 16.5. The fourth-order valence-corrected chi connectivity index (χ4v) is 4.77. The number of carboxylic acids is 2. The molecule has 0 bridgehead atoms. The molecule has 1 aliphatic rings. The van der Waals surface area contributed by atoms with Crippen LogP contribution in [0, 0.1) is 0 Å². The Morgan fingerprint density at radius 2 is 1.28 bits per heavy atom. The number of fused-ring (bicyclic) bond motifs is 1. The molecule has 17 nitrogen and oxygen atoms in total. The van der Waals surface area contributed by atoms with Crippen LogP contribution in [-0.2, 0) is 0 Å². The zero-order valence-corrected chi connectivity index (χ0v) is 23.8. The lowest BCUT2D eigenvalue weighted by Crippen LogP contribution is -2.29. The molecule has 0 fully saturated rings. The molecule has 6 heterocycles. The number of aliphatic hydroxyl groups excluding tert-OH is 1. The van der Waals surface area contributed by atoms with Gasteiger partial charge in [-0.25, -0.2) is 34.5 Å². The van der Waals surface area contributed by atoms with Crippen LogP contribution in [0.2, 0.25) is 0 Å². The number of pyridine rings is 1. The molecule has 236 valence electrons. The van der Waals surface area contributed by atoms with Crippen molar-refractivity contribution >= 4 is 17.8 Å². The Kier molecular flexibility index (Phi) is 7.25. The van der Waals surface area contributed by atoms with Crippen molar-refractivity contribution < 1.29 is 52.1 Å². The van der Waals surface area contributed by atoms with Crippen molar-refractivity contribution in [3.05, 3.63) is 84.0 Å². The van der Waals surface area contributed by atoms with Crippen molar-refractivity contribution in [2.45, 2.75) is 12.6 Å². The zero-order chi connectivity index (χ0) is 32.7. The van der Waals surface area contributed by atoms with Gasteiger partial charge < -0.3 is 42.6 Å². The fraction of sp³-hybridized carbons (Fsp3) is 0.133. The molecule has 1 aliphatic heterocycles. The largest absolute Gasteiger partial charge is 0.493 e. The summed E-state index contributed by atoms with van der Waals surface area (Å²) in [6.07, 6.45) is 3.67. The summed E-state index contributed by atoms with van der Waals surface area (Å²) < 4.78 is 27.6. The van der Waals surface area contributed by atoms with Crippen molar-refractivity contribution in [3.8, 4) is 52.1 Å². The summed E-state index contributed by atoms with van der Waals surface area (Å²) in [5.41, 5.74) is 0.916. The second kappa shape index (κ2) is 11.7. The number of hydrogen-bond acceptors (Lipinski definition) is 14. The molecule has 17 heteroatoms. The van der Waals surface area contributed by atoms with E-state index in [4.69, 9.17) is 32.6 Å². The molecule has 6 aromatic rings. The van der Waals surface area contributed by atoms with Gasteiger partial charge in [0, 0.05) is 29.8 Å². The van der Waals surface area contributed by atoms with Crippen LogP contribution in [0.1, 0.15) is 49.5 Å². The molecule has 0 saturated heterocycles. The van der Waals surface area contributed by atoms with E-state index < -0.39 is 18.2 Å². The zero-order valence-electron chi connectivity index (χ0n) is 23.8. The maximum Gasteiger partial charge on any atom is 0.357 e. The Hall–Kier alpha value is -6.62. The van der Waals surface area contributed by atoms with Crippen LogP contribution in [0.4, 0.5) is 0 Å². The Labute approximate surface area is 261 Å². The normalized spacial score (nSPS) is 14.0. The predicted octanol–water partition coefficient (Wildman–Crippen LogP) is 4.01. The molecule has 0 radical (unpaired) electrons. The third kappa shape index (κ3) is 5.57. The van der Waals surface area contributed by atoms with E-state index >= 15 is 0 Å². The van der Waals surface area contributed by atoms with Gasteiger partial charge >= 0.3 is 11.9 Å². The highest BCUT2D eigenvalue weighted by molar-refractivity contribution is 5.98. The minimum absolute atomic E-state index is 0.00379. The van der Waals surface area contributed by atoms with Gasteiger partial charge in [0.1, 0.15) is 42.2 Å². The predicted molar refractivity (Wildman–Crippen MR) is 153 cm³/mol. The molecule has 7 rings (SSSR count). The number of nitrogens with zero attached hydrogens (tertiary/aromatic N) is 6. The minimum Gasteiger partial charge on any atom is -0.493 e. The van der Waals surface area contributed by atoms with Gasteiger partial charge in [0.2, 0.25) is 23.6 Å². The third-order valence-corrected chi connectivity index (χ3v) is 6.97. The van der Waals surface area contributed by atoms with Gasteiger partial charge in [-0.15, -0.1) is 0 Å². The van der Waals surface area contributed by atoms with Crippen molar-refractivity contribution in [2.24, 2.45) is 0 Å². The van der Waals surface area contributed by atoms with Gasteiger partial charge in [-0.1, -0.05) is 18.2 Å².